The average molecular weight is 256 g/mol. The number of carbonyl (C=O) groups is 1. The van der Waals surface area contributed by atoms with E-state index in [0.717, 1.165) is 0 Å². The van der Waals surface area contributed by atoms with E-state index in [1.807, 2.05) is 6.92 Å². The van der Waals surface area contributed by atoms with Gasteiger partial charge < -0.3 is 9.26 Å². The highest BCUT2D eigenvalue weighted by Gasteiger charge is 2.21. The lowest BCUT2D eigenvalue weighted by Crippen LogP contribution is -2.10. The van der Waals surface area contributed by atoms with Gasteiger partial charge in [0.15, 0.2) is 0 Å². The van der Waals surface area contributed by atoms with Crippen molar-refractivity contribution in [3.05, 3.63) is 29.8 Å². The Bertz CT molecular complexity index is 417. The molecule has 1 aromatic rings. The molecular weight excluding hydrogens is 239 g/mol. The molecular formula is C12H17O4P. The molecule has 1 aromatic carbocycles. The highest BCUT2D eigenvalue weighted by molar-refractivity contribution is 7.66. The molecule has 0 fully saturated rings. The molecule has 0 heterocycles. The molecule has 0 saturated heterocycles. The predicted octanol–water partition coefficient (Wildman–Crippen LogP) is 2.43. The first-order valence-corrected chi connectivity index (χ1v) is 7.31. The Morgan fingerprint density at radius 2 is 1.82 bits per heavy atom. The van der Waals surface area contributed by atoms with Crippen molar-refractivity contribution < 1.29 is 18.6 Å². The van der Waals surface area contributed by atoms with Gasteiger partial charge in [-0.3, -0.25) is 4.57 Å². The normalized spacial score (nSPS) is 14.1. The van der Waals surface area contributed by atoms with E-state index in [2.05, 4.69) is 0 Å². The second-order valence-corrected chi connectivity index (χ2v) is 6.30. The van der Waals surface area contributed by atoms with Gasteiger partial charge in [-0.1, -0.05) is 6.92 Å². The van der Waals surface area contributed by atoms with E-state index in [4.69, 9.17) is 9.26 Å². The summed E-state index contributed by atoms with van der Waals surface area (Å²) in [5.41, 5.74) is 0.453. The van der Waals surface area contributed by atoms with Crippen molar-refractivity contribution in [1.29, 1.82) is 0 Å². The summed E-state index contributed by atoms with van der Waals surface area (Å²) in [6.07, 6.45) is 0.433. The smallest absolute Gasteiger partial charge is 0.338 e. The summed E-state index contributed by atoms with van der Waals surface area (Å²) in [5.74, 6) is -0.372. The molecule has 1 atom stereocenters. The van der Waals surface area contributed by atoms with Crippen LogP contribution in [0.15, 0.2) is 24.3 Å². The Morgan fingerprint density at radius 1 is 1.24 bits per heavy atom. The van der Waals surface area contributed by atoms with E-state index >= 15 is 0 Å². The summed E-state index contributed by atoms with van der Waals surface area (Å²) >= 11 is 0. The van der Waals surface area contributed by atoms with Crippen molar-refractivity contribution in [3.63, 3.8) is 0 Å². The molecule has 0 aliphatic rings. The molecule has 17 heavy (non-hydrogen) atoms. The molecule has 4 nitrogen and oxygen atoms in total. The van der Waals surface area contributed by atoms with Gasteiger partial charge in [-0.15, -0.1) is 0 Å². The van der Waals surface area contributed by atoms with Gasteiger partial charge in [0.05, 0.1) is 12.2 Å². The molecule has 5 heteroatoms. The van der Waals surface area contributed by atoms with Crippen LogP contribution in [0.4, 0.5) is 0 Å². The van der Waals surface area contributed by atoms with Gasteiger partial charge in [0.25, 0.3) is 0 Å². The summed E-state index contributed by atoms with van der Waals surface area (Å²) in [4.78, 5) is 11.4. The van der Waals surface area contributed by atoms with Crippen LogP contribution in [-0.2, 0) is 13.8 Å². The van der Waals surface area contributed by atoms with Crippen LogP contribution >= 0.6 is 7.37 Å². The molecule has 0 aromatic heterocycles. The third-order valence-corrected chi connectivity index (χ3v) is 4.99. The zero-order chi connectivity index (χ0) is 12.9. The third kappa shape index (κ3) is 3.18. The van der Waals surface area contributed by atoms with Gasteiger partial charge >= 0.3 is 5.97 Å². The van der Waals surface area contributed by atoms with E-state index < -0.39 is 7.37 Å². The summed E-state index contributed by atoms with van der Waals surface area (Å²) < 4.78 is 22.1. The van der Waals surface area contributed by atoms with Crippen molar-refractivity contribution in [2.45, 2.75) is 13.8 Å². The molecule has 0 aliphatic carbocycles. The molecule has 0 N–H and O–H groups in total. The fourth-order valence-electron chi connectivity index (χ4n) is 1.46. The zero-order valence-electron chi connectivity index (χ0n) is 10.3. The number of esters is 1. The van der Waals surface area contributed by atoms with E-state index in [-0.39, 0.29) is 5.97 Å². The molecule has 0 amide bonds. The number of ether oxygens (including phenoxy) is 1. The largest absolute Gasteiger partial charge is 0.462 e. The zero-order valence-corrected chi connectivity index (χ0v) is 11.2. The standard InChI is InChI=1S/C12H17O4P/c1-4-16-12(13)10-6-8-11(9-7-10)17(14,5-2)15-3/h6-9H,4-5H2,1-3H3. The van der Waals surface area contributed by atoms with Crippen LogP contribution < -0.4 is 5.30 Å². The summed E-state index contributed by atoms with van der Waals surface area (Å²) in [7, 11) is -1.32. The molecule has 0 bridgehead atoms. The van der Waals surface area contributed by atoms with Crippen LogP contribution in [0.2, 0.25) is 0 Å². The first kappa shape index (κ1) is 13.9. The van der Waals surface area contributed by atoms with E-state index in [1.54, 1.807) is 31.2 Å². The van der Waals surface area contributed by atoms with E-state index in [1.165, 1.54) is 7.11 Å². The number of benzene rings is 1. The second-order valence-electron chi connectivity index (χ2n) is 3.44. The number of hydrogen-bond acceptors (Lipinski definition) is 4. The predicted molar refractivity (Wildman–Crippen MR) is 67.2 cm³/mol. The Morgan fingerprint density at radius 3 is 2.24 bits per heavy atom. The van der Waals surface area contributed by atoms with Gasteiger partial charge in [-0.05, 0) is 31.2 Å². The molecule has 94 valence electrons. The van der Waals surface area contributed by atoms with Gasteiger partial charge in [0, 0.05) is 18.6 Å². The maximum Gasteiger partial charge on any atom is 0.338 e. The van der Waals surface area contributed by atoms with Crippen LogP contribution in [0.5, 0.6) is 0 Å². The topological polar surface area (TPSA) is 52.6 Å². The molecule has 0 spiro atoms. The quantitative estimate of drug-likeness (QED) is 0.599. The van der Waals surface area contributed by atoms with Crippen LogP contribution in [0.1, 0.15) is 24.2 Å². The minimum Gasteiger partial charge on any atom is -0.462 e. The maximum absolute atomic E-state index is 12.2. The van der Waals surface area contributed by atoms with Crippen LogP contribution in [0.3, 0.4) is 0 Å². The fraction of sp³-hybridized carbons (Fsp3) is 0.417. The Kier molecular flexibility index (Phi) is 4.91. The SMILES string of the molecule is CCOC(=O)c1ccc(P(=O)(CC)OC)cc1. The Hall–Kier alpha value is -1.12. The first-order chi connectivity index (χ1) is 8.07. The number of rotatable bonds is 5. The van der Waals surface area contributed by atoms with Gasteiger partial charge in [0.2, 0.25) is 7.37 Å². The van der Waals surface area contributed by atoms with Gasteiger partial charge in [0.1, 0.15) is 0 Å². The van der Waals surface area contributed by atoms with E-state index in [9.17, 15) is 9.36 Å². The molecule has 0 saturated carbocycles. The molecule has 1 unspecified atom stereocenters. The van der Waals surface area contributed by atoms with Crippen molar-refractivity contribution in [2.24, 2.45) is 0 Å². The Balaban J connectivity index is 2.95. The van der Waals surface area contributed by atoms with Gasteiger partial charge in [-0.2, -0.15) is 0 Å². The van der Waals surface area contributed by atoms with Gasteiger partial charge in [-0.25, -0.2) is 4.79 Å². The fourth-order valence-corrected chi connectivity index (χ4v) is 2.89. The monoisotopic (exact) mass is 256 g/mol. The maximum atomic E-state index is 12.2. The minimum atomic E-state index is -2.75. The molecule has 0 radical (unpaired) electrons. The summed E-state index contributed by atoms with van der Waals surface area (Å²) in [6.45, 7) is 3.90. The molecule has 0 aliphatic heterocycles. The Labute approximate surface area is 101 Å². The van der Waals surface area contributed by atoms with Crippen molar-refractivity contribution in [3.8, 4) is 0 Å². The lowest BCUT2D eigenvalue weighted by molar-refractivity contribution is 0.0526. The number of hydrogen-bond donors (Lipinski definition) is 0. The summed E-state index contributed by atoms with van der Waals surface area (Å²) in [5, 5.41) is 0.621. The molecule has 1 rings (SSSR count). The van der Waals surface area contributed by atoms with Crippen LogP contribution in [-0.4, -0.2) is 25.8 Å². The van der Waals surface area contributed by atoms with Crippen molar-refractivity contribution in [2.75, 3.05) is 19.9 Å². The van der Waals surface area contributed by atoms with Crippen molar-refractivity contribution >= 4 is 18.6 Å². The van der Waals surface area contributed by atoms with Crippen LogP contribution in [0.25, 0.3) is 0 Å². The first-order valence-electron chi connectivity index (χ1n) is 5.50. The second kappa shape index (κ2) is 5.99. The third-order valence-electron chi connectivity index (χ3n) is 2.48. The highest BCUT2D eigenvalue weighted by atomic mass is 31.2. The van der Waals surface area contributed by atoms with Crippen LogP contribution in [0, 0.1) is 0 Å². The minimum absolute atomic E-state index is 0.339. The lowest BCUT2D eigenvalue weighted by Gasteiger charge is -2.14. The van der Waals surface area contributed by atoms with Crippen molar-refractivity contribution in [1.82, 2.24) is 0 Å². The summed E-state index contributed by atoms with van der Waals surface area (Å²) in [6, 6.07) is 6.52. The van der Waals surface area contributed by atoms with E-state index in [0.29, 0.717) is 23.6 Å². The average Bonchev–Trinajstić information content (AvgIpc) is 2.38. The number of carbonyl (C=O) groups excluding carboxylic acids is 1. The highest BCUT2D eigenvalue weighted by Crippen LogP contribution is 2.43. The lowest BCUT2D eigenvalue weighted by atomic mass is 10.2.